The van der Waals surface area contributed by atoms with Crippen LogP contribution in [0.2, 0.25) is 0 Å². The molecule has 3 heterocycles. The average Bonchev–Trinajstić information content (AvgIpc) is 3.31. The number of aryl methyl sites for hydroxylation is 1. The molecule has 0 fully saturated rings. The fraction of sp³-hybridized carbons (Fsp3) is 0.167. The van der Waals surface area contributed by atoms with Crippen LogP contribution in [0.15, 0.2) is 64.4 Å². The van der Waals surface area contributed by atoms with Gasteiger partial charge >= 0.3 is 0 Å². The Labute approximate surface area is 159 Å². The van der Waals surface area contributed by atoms with Crippen LogP contribution in [0, 0.1) is 0 Å². The van der Waals surface area contributed by atoms with Crippen LogP contribution in [0.4, 0.5) is 0 Å². The molecule has 4 aromatic rings. The van der Waals surface area contributed by atoms with Gasteiger partial charge in [0.05, 0.1) is 6.54 Å². The summed E-state index contributed by atoms with van der Waals surface area (Å²) in [6.45, 7) is 2.74. The second-order valence-corrected chi connectivity index (χ2v) is 7.51. The van der Waals surface area contributed by atoms with Gasteiger partial charge in [0.15, 0.2) is 15.3 Å². The van der Waals surface area contributed by atoms with Gasteiger partial charge in [-0.3, -0.25) is 9.55 Å². The van der Waals surface area contributed by atoms with Crippen molar-refractivity contribution in [1.29, 1.82) is 0 Å². The lowest BCUT2D eigenvalue weighted by Crippen LogP contribution is -2.04. The maximum atomic E-state index is 4.53. The highest BCUT2D eigenvalue weighted by Gasteiger charge is 2.17. The lowest BCUT2D eigenvalue weighted by molar-refractivity contribution is 0.714. The fourth-order valence-electron chi connectivity index (χ4n) is 2.49. The third-order valence-electron chi connectivity index (χ3n) is 3.78. The zero-order valence-electron chi connectivity index (χ0n) is 14.1. The molecule has 0 bridgehead atoms. The van der Waals surface area contributed by atoms with Gasteiger partial charge in [0, 0.05) is 24.4 Å². The van der Waals surface area contributed by atoms with Crippen molar-refractivity contribution in [3.8, 4) is 11.4 Å². The first kappa shape index (κ1) is 16.9. The first-order valence-corrected chi connectivity index (χ1v) is 9.80. The van der Waals surface area contributed by atoms with Gasteiger partial charge in [0.1, 0.15) is 5.82 Å². The van der Waals surface area contributed by atoms with E-state index in [0.29, 0.717) is 6.54 Å². The number of nitrogens with zero attached hydrogens (tertiary/aromatic N) is 6. The summed E-state index contributed by atoms with van der Waals surface area (Å²) in [5, 5.41) is 9.65. The van der Waals surface area contributed by atoms with Crippen molar-refractivity contribution < 1.29 is 0 Å². The Morgan fingerprint density at radius 2 is 1.85 bits per heavy atom. The first-order chi connectivity index (χ1) is 12.8. The molecule has 4 rings (SSSR count). The van der Waals surface area contributed by atoms with E-state index in [1.165, 1.54) is 28.9 Å². The number of hydrogen-bond acceptors (Lipinski definition) is 7. The molecule has 0 amide bonds. The summed E-state index contributed by atoms with van der Waals surface area (Å²) in [5.41, 5.74) is 2.18. The summed E-state index contributed by atoms with van der Waals surface area (Å²) in [7, 11) is 0. The highest BCUT2D eigenvalue weighted by Crippen LogP contribution is 2.31. The number of aromatic nitrogens is 6. The normalized spacial score (nSPS) is 11.0. The lowest BCUT2D eigenvalue weighted by Gasteiger charge is -2.09. The third-order valence-corrected chi connectivity index (χ3v) is 5.56. The second-order valence-electron chi connectivity index (χ2n) is 5.55. The maximum Gasteiger partial charge on any atom is 0.198 e. The van der Waals surface area contributed by atoms with E-state index in [1.807, 2.05) is 30.3 Å². The highest BCUT2D eigenvalue weighted by molar-refractivity contribution is 8.00. The third kappa shape index (κ3) is 3.66. The van der Waals surface area contributed by atoms with Crippen LogP contribution in [0.3, 0.4) is 0 Å². The largest absolute Gasteiger partial charge is 0.297 e. The quantitative estimate of drug-likeness (QED) is 0.504. The molecule has 0 aliphatic heterocycles. The maximum absolute atomic E-state index is 4.53. The number of rotatable bonds is 6. The molecule has 26 heavy (non-hydrogen) atoms. The predicted octanol–water partition coefficient (Wildman–Crippen LogP) is 3.95. The van der Waals surface area contributed by atoms with Gasteiger partial charge in [-0.1, -0.05) is 37.3 Å². The highest BCUT2D eigenvalue weighted by atomic mass is 32.2. The Morgan fingerprint density at radius 1 is 1.04 bits per heavy atom. The minimum absolute atomic E-state index is 0.688. The molecule has 1 aromatic carbocycles. The fourth-order valence-corrected chi connectivity index (χ4v) is 4.12. The molecule has 0 aliphatic carbocycles. The molecule has 0 saturated heterocycles. The summed E-state index contributed by atoms with van der Waals surface area (Å²) in [6, 6.07) is 14.2. The van der Waals surface area contributed by atoms with Crippen molar-refractivity contribution >= 4 is 23.3 Å². The van der Waals surface area contributed by atoms with E-state index in [4.69, 9.17) is 0 Å². The smallest absolute Gasteiger partial charge is 0.198 e. The van der Waals surface area contributed by atoms with Gasteiger partial charge in [-0.05, 0) is 41.0 Å². The predicted molar refractivity (Wildman–Crippen MR) is 102 cm³/mol. The Kier molecular flexibility index (Phi) is 5.03. The van der Waals surface area contributed by atoms with Gasteiger partial charge in [-0.15, -0.1) is 10.2 Å². The molecule has 0 radical (unpaired) electrons. The minimum atomic E-state index is 0.688. The summed E-state index contributed by atoms with van der Waals surface area (Å²) in [4.78, 5) is 8.63. The number of hydrogen-bond donors (Lipinski definition) is 0. The first-order valence-electron chi connectivity index (χ1n) is 8.21. The van der Waals surface area contributed by atoms with Crippen LogP contribution in [-0.2, 0) is 13.0 Å². The Balaban J connectivity index is 1.72. The van der Waals surface area contributed by atoms with Crippen LogP contribution in [0.5, 0.6) is 0 Å². The Hall–Kier alpha value is -2.58. The van der Waals surface area contributed by atoms with Crippen LogP contribution in [0.25, 0.3) is 11.4 Å². The van der Waals surface area contributed by atoms with E-state index in [9.17, 15) is 0 Å². The lowest BCUT2D eigenvalue weighted by atomic mass is 10.2. The molecule has 0 spiro atoms. The van der Waals surface area contributed by atoms with E-state index in [1.54, 1.807) is 12.4 Å². The van der Waals surface area contributed by atoms with Crippen molar-refractivity contribution in [3.63, 3.8) is 0 Å². The molecule has 0 N–H and O–H groups in total. The molecule has 8 heteroatoms. The number of benzene rings is 1. The SMILES string of the molecule is CCc1nsc(Sc2nnc(-c3ccncc3)n2Cc2ccccc2)n1. The van der Waals surface area contributed by atoms with Gasteiger partial charge in [0.25, 0.3) is 0 Å². The van der Waals surface area contributed by atoms with Crippen LogP contribution in [0.1, 0.15) is 18.3 Å². The second kappa shape index (κ2) is 7.76. The molecule has 6 nitrogen and oxygen atoms in total. The van der Waals surface area contributed by atoms with E-state index < -0.39 is 0 Å². The van der Waals surface area contributed by atoms with Crippen molar-refractivity contribution in [3.05, 3.63) is 66.2 Å². The number of pyridine rings is 1. The topological polar surface area (TPSA) is 69.4 Å². The van der Waals surface area contributed by atoms with E-state index in [2.05, 4.69) is 48.2 Å². The summed E-state index contributed by atoms with van der Waals surface area (Å²) >= 11 is 2.90. The zero-order chi connectivity index (χ0) is 17.8. The van der Waals surface area contributed by atoms with E-state index >= 15 is 0 Å². The van der Waals surface area contributed by atoms with Gasteiger partial charge in [0.2, 0.25) is 0 Å². The molecule has 0 unspecified atom stereocenters. The van der Waals surface area contributed by atoms with E-state index in [0.717, 1.165) is 33.1 Å². The standard InChI is InChI=1S/C18H16N6S2/c1-2-15-20-18(26-23-15)25-17-22-21-16(14-8-10-19-11-9-14)24(17)12-13-6-4-3-5-7-13/h3-11H,2,12H2,1H3. The van der Waals surface area contributed by atoms with Gasteiger partial charge in [-0.2, -0.15) is 4.37 Å². The van der Waals surface area contributed by atoms with Crippen molar-refractivity contribution in [1.82, 2.24) is 29.1 Å². The van der Waals surface area contributed by atoms with E-state index in [-0.39, 0.29) is 0 Å². The molecule has 0 saturated carbocycles. The average molecular weight is 381 g/mol. The van der Waals surface area contributed by atoms with Crippen molar-refractivity contribution in [2.24, 2.45) is 0 Å². The monoisotopic (exact) mass is 380 g/mol. The summed E-state index contributed by atoms with van der Waals surface area (Å²) < 4.78 is 7.35. The molecular weight excluding hydrogens is 364 g/mol. The Bertz CT molecular complexity index is 981. The molecule has 0 aliphatic rings. The van der Waals surface area contributed by atoms with Crippen molar-refractivity contribution in [2.45, 2.75) is 29.4 Å². The summed E-state index contributed by atoms with van der Waals surface area (Å²) in [6.07, 6.45) is 4.36. The van der Waals surface area contributed by atoms with Crippen molar-refractivity contribution in [2.75, 3.05) is 0 Å². The molecule has 0 atom stereocenters. The minimum Gasteiger partial charge on any atom is -0.297 e. The molecule has 3 aromatic heterocycles. The molecular formula is C18H16N6S2. The summed E-state index contributed by atoms with van der Waals surface area (Å²) in [5.74, 6) is 1.68. The van der Waals surface area contributed by atoms with Gasteiger partial charge in [-0.25, -0.2) is 4.98 Å². The van der Waals surface area contributed by atoms with Gasteiger partial charge < -0.3 is 0 Å². The zero-order valence-corrected chi connectivity index (χ0v) is 15.7. The van der Waals surface area contributed by atoms with Crippen LogP contribution >= 0.6 is 23.3 Å². The Morgan fingerprint density at radius 3 is 2.58 bits per heavy atom. The molecule has 130 valence electrons. The van der Waals surface area contributed by atoms with Crippen LogP contribution < -0.4 is 0 Å². The van der Waals surface area contributed by atoms with Crippen LogP contribution in [-0.4, -0.2) is 29.1 Å².